The summed E-state index contributed by atoms with van der Waals surface area (Å²) in [5.74, 6) is -0.947. The van der Waals surface area contributed by atoms with Gasteiger partial charge in [0.1, 0.15) is 11.5 Å². The summed E-state index contributed by atoms with van der Waals surface area (Å²) in [6.07, 6.45) is 3.19. The van der Waals surface area contributed by atoms with Crippen molar-refractivity contribution >= 4 is 17.4 Å². The van der Waals surface area contributed by atoms with Gasteiger partial charge in [0.2, 0.25) is 0 Å². The van der Waals surface area contributed by atoms with E-state index in [-0.39, 0.29) is 30.6 Å². The van der Waals surface area contributed by atoms with Crippen molar-refractivity contribution in [1.29, 1.82) is 0 Å². The number of ether oxygens (including phenoxy) is 2. The smallest absolute Gasteiger partial charge is 0.295 e. The first-order valence-corrected chi connectivity index (χ1v) is 9.38. The van der Waals surface area contributed by atoms with Crippen molar-refractivity contribution in [2.45, 2.75) is 26.0 Å². The minimum Gasteiger partial charge on any atom is -0.507 e. The molecule has 0 aliphatic carbocycles. The van der Waals surface area contributed by atoms with Crippen molar-refractivity contribution in [2.24, 2.45) is 0 Å². The van der Waals surface area contributed by atoms with Crippen molar-refractivity contribution < 1.29 is 24.2 Å². The average Bonchev–Trinajstić information content (AvgIpc) is 2.97. The number of likely N-dealkylation sites (tertiary alicyclic amines) is 1. The van der Waals surface area contributed by atoms with Gasteiger partial charge in [-0.3, -0.25) is 14.6 Å². The van der Waals surface area contributed by atoms with Crippen molar-refractivity contribution in [3.05, 3.63) is 65.5 Å². The van der Waals surface area contributed by atoms with Crippen molar-refractivity contribution in [3.8, 4) is 5.75 Å². The first-order chi connectivity index (χ1) is 13.9. The second kappa shape index (κ2) is 8.87. The lowest BCUT2D eigenvalue weighted by Crippen LogP contribution is -2.32. The molecular formula is C22H24N2O5. The van der Waals surface area contributed by atoms with Gasteiger partial charge in [-0.05, 0) is 55.8 Å². The molecule has 1 amide bonds. The quantitative estimate of drug-likeness (QED) is 0.440. The molecule has 29 heavy (non-hydrogen) atoms. The number of hydrogen-bond acceptors (Lipinski definition) is 6. The highest BCUT2D eigenvalue weighted by Crippen LogP contribution is 2.39. The molecule has 1 aromatic carbocycles. The number of hydrogen-bond donors (Lipinski definition) is 1. The zero-order valence-corrected chi connectivity index (χ0v) is 16.7. The van der Waals surface area contributed by atoms with Gasteiger partial charge in [-0.25, -0.2) is 0 Å². The average molecular weight is 396 g/mol. The van der Waals surface area contributed by atoms with Gasteiger partial charge in [0.15, 0.2) is 0 Å². The third kappa shape index (κ3) is 4.30. The van der Waals surface area contributed by atoms with Gasteiger partial charge in [-0.2, -0.15) is 0 Å². The predicted molar refractivity (Wildman–Crippen MR) is 107 cm³/mol. The lowest BCUT2D eigenvalue weighted by atomic mass is 9.96. The Hall–Kier alpha value is -3.19. The SMILES string of the molecule is COCCN1C(=O)C(=O)C(=C(O)c2ccc(OC(C)C)cc2)C1c1ccncc1. The fourth-order valence-electron chi connectivity index (χ4n) is 3.31. The number of amides is 1. The lowest BCUT2D eigenvalue weighted by molar-refractivity contribution is -0.140. The molecule has 7 nitrogen and oxygen atoms in total. The first-order valence-electron chi connectivity index (χ1n) is 9.38. The second-order valence-electron chi connectivity index (χ2n) is 6.96. The molecule has 1 aliphatic heterocycles. The molecule has 1 atom stereocenters. The van der Waals surface area contributed by atoms with E-state index in [1.807, 2.05) is 13.8 Å². The van der Waals surface area contributed by atoms with Gasteiger partial charge < -0.3 is 19.5 Å². The number of carbonyl (C=O) groups is 2. The lowest BCUT2D eigenvalue weighted by Gasteiger charge is -2.24. The van der Waals surface area contributed by atoms with Crippen LogP contribution in [0.2, 0.25) is 0 Å². The van der Waals surface area contributed by atoms with E-state index in [1.54, 1.807) is 48.8 Å². The fourth-order valence-corrected chi connectivity index (χ4v) is 3.31. The maximum atomic E-state index is 12.8. The van der Waals surface area contributed by atoms with Crippen molar-refractivity contribution in [2.75, 3.05) is 20.3 Å². The van der Waals surface area contributed by atoms with Crippen molar-refractivity contribution in [1.82, 2.24) is 9.88 Å². The molecule has 1 aliphatic rings. The van der Waals surface area contributed by atoms with Crippen LogP contribution in [0.5, 0.6) is 5.75 Å². The van der Waals surface area contributed by atoms with Crippen LogP contribution in [0.15, 0.2) is 54.4 Å². The van der Waals surface area contributed by atoms with Gasteiger partial charge >= 0.3 is 0 Å². The summed E-state index contributed by atoms with van der Waals surface area (Å²) in [5.41, 5.74) is 1.18. The minimum absolute atomic E-state index is 0.0206. The van der Waals surface area contributed by atoms with Crippen LogP contribution in [0.1, 0.15) is 31.0 Å². The van der Waals surface area contributed by atoms with Crippen LogP contribution in [0.4, 0.5) is 0 Å². The molecule has 0 bridgehead atoms. The highest BCUT2D eigenvalue weighted by Gasteiger charge is 2.45. The van der Waals surface area contributed by atoms with E-state index in [0.29, 0.717) is 16.9 Å². The molecule has 3 rings (SSSR count). The van der Waals surface area contributed by atoms with Gasteiger partial charge in [-0.1, -0.05) is 0 Å². The van der Waals surface area contributed by atoms with Gasteiger partial charge in [0.25, 0.3) is 11.7 Å². The van der Waals surface area contributed by atoms with Crippen LogP contribution in [0, 0.1) is 0 Å². The number of aliphatic hydroxyl groups excluding tert-OH is 1. The Kier molecular flexibility index (Phi) is 6.29. The molecule has 2 aromatic rings. The molecular weight excluding hydrogens is 372 g/mol. The van der Waals surface area contributed by atoms with E-state index in [9.17, 15) is 14.7 Å². The number of methoxy groups -OCH3 is 1. The molecule has 0 radical (unpaired) electrons. The summed E-state index contributed by atoms with van der Waals surface area (Å²) in [5, 5.41) is 10.9. The molecule has 2 heterocycles. The standard InChI is InChI=1S/C22H24N2O5/c1-14(2)29-17-6-4-16(5-7-17)20(25)18-19(15-8-10-23-11-9-15)24(12-13-28-3)22(27)21(18)26/h4-11,14,19,25H,12-13H2,1-3H3. The van der Waals surface area contributed by atoms with Gasteiger partial charge in [0.05, 0.1) is 24.3 Å². The molecule has 1 saturated heterocycles. The van der Waals surface area contributed by atoms with Crippen LogP contribution >= 0.6 is 0 Å². The van der Waals surface area contributed by atoms with E-state index >= 15 is 0 Å². The van der Waals surface area contributed by atoms with E-state index in [2.05, 4.69) is 4.98 Å². The number of Topliss-reactive ketones (excluding diaryl/α,β-unsaturated/α-hetero) is 1. The maximum absolute atomic E-state index is 12.8. The topological polar surface area (TPSA) is 89.0 Å². The number of aliphatic hydroxyl groups is 1. The normalized spacial score (nSPS) is 18.5. The highest BCUT2D eigenvalue weighted by atomic mass is 16.5. The number of carbonyl (C=O) groups excluding carboxylic acids is 2. The van der Waals surface area contributed by atoms with Gasteiger partial charge in [-0.15, -0.1) is 0 Å². The van der Waals surface area contributed by atoms with Crippen LogP contribution < -0.4 is 4.74 Å². The molecule has 1 N–H and O–H groups in total. The molecule has 1 aromatic heterocycles. The number of aromatic nitrogens is 1. The molecule has 1 fully saturated rings. The number of pyridine rings is 1. The van der Waals surface area contributed by atoms with E-state index in [0.717, 1.165) is 0 Å². The summed E-state index contributed by atoms with van der Waals surface area (Å²) < 4.78 is 10.7. The first kappa shape index (κ1) is 20.5. The van der Waals surface area contributed by atoms with Crippen molar-refractivity contribution in [3.63, 3.8) is 0 Å². The van der Waals surface area contributed by atoms with Crippen LogP contribution in [0.3, 0.4) is 0 Å². The summed E-state index contributed by atoms with van der Waals surface area (Å²) >= 11 is 0. The Bertz CT molecular complexity index is 907. The zero-order chi connectivity index (χ0) is 21.0. The molecule has 7 heteroatoms. The third-order valence-electron chi connectivity index (χ3n) is 4.60. The largest absolute Gasteiger partial charge is 0.507 e. The van der Waals surface area contributed by atoms with Crippen LogP contribution in [0.25, 0.3) is 5.76 Å². The molecule has 0 spiro atoms. The Labute approximate surface area is 169 Å². The van der Waals surface area contributed by atoms with Crippen LogP contribution in [-0.4, -0.2) is 53.0 Å². The molecule has 152 valence electrons. The summed E-state index contributed by atoms with van der Waals surface area (Å²) in [4.78, 5) is 30.9. The van der Waals surface area contributed by atoms with Crippen LogP contribution in [-0.2, 0) is 14.3 Å². The number of rotatable bonds is 7. The number of benzene rings is 1. The summed E-state index contributed by atoms with van der Waals surface area (Å²) in [6.45, 7) is 4.34. The summed E-state index contributed by atoms with van der Waals surface area (Å²) in [6, 6.07) is 9.51. The third-order valence-corrected chi connectivity index (χ3v) is 4.60. The molecule has 1 unspecified atom stereocenters. The second-order valence-corrected chi connectivity index (χ2v) is 6.96. The zero-order valence-electron chi connectivity index (χ0n) is 16.7. The summed E-state index contributed by atoms with van der Waals surface area (Å²) in [7, 11) is 1.53. The van der Waals surface area contributed by atoms with E-state index in [4.69, 9.17) is 9.47 Å². The van der Waals surface area contributed by atoms with E-state index < -0.39 is 17.7 Å². The van der Waals surface area contributed by atoms with E-state index in [1.165, 1.54) is 12.0 Å². The Morgan fingerprint density at radius 3 is 2.38 bits per heavy atom. The number of ketones is 1. The Morgan fingerprint density at radius 2 is 1.79 bits per heavy atom. The predicted octanol–water partition coefficient (Wildman–Crippen LogP) is 2.94. The maximum Gasteiger partial charge on any atom is 0.295 e. The minimum atomic E-state index is -0.720. The fraction of sp³-hybridized carbons (Fsp3) is 0.318. The Morgan fingerprint density at radius 1 is 1.14 bits per heavy atom. The monoisotopic (exact) mass is 396 g/mol. The highest BCUT2D eigenvalue weighted by molar-refractivity contribution is 6.46. The Balaban J connectivity index is 2.05. The number of nitrogens with zero attached hydrogens (tertiary/aromatic N) is 2. The molecule has 0 saturated carbocycles. The van der Waals surface area contributed by atoms with Gasteiger partial charge in [0, 0.05) is 31.6 Å².